The van der Waals surface area contributed by atoms with Gasteiger partial charge < -0.3 is 10.2 Å². The summed E-state index contributed by atoms with van der Waals surface area (Å²) in [6.45, 7) is 4.37. The first-order valence-electron chi connectivity index (χ1n) is 3.88. The van der Waals surface area contributed by atoms with Crippen LogP contribution in [-0.2, 0) is 6.42 Å². The number of anilines is 1. The van der Waals surface area contributed by atoms with E-state index in [1.54, 1.807) is 6.26 Å². The first-order valence-corrected chi connectivity index (χ1v) is 3.88. The Morgan fingerprint density at radius 3 is 2.82 bits per heavy atom. The minimum Gasteiger partial charge on any atom is -0.432 e. The molecular formula is C8H14N2O. The number of rotatable bonds is 3. The van der Waals surface area contributed by atoms with Crippen molar-refractivity contribution in [2.24, 2.45) is 5.92 Å². The lowest BCUT2D eigenvalue weighted by atomic mass is 10.1. The highest BCUT2D eigenvalue weighted by molar-refractivity contribution is 5.12. The van der Waals surface area contributed by atoms with E-state index in [2.05, 4.69) is 18.8 Å². The Kier molecular flexibility index (Phi) is 2.52. The number of hydrogen-bond acceptors (Lipinski definition) is 3. The first-order chi connectivity index (χ1) is 5.18. The molecule has 3 heteroatoms. The van der Waals surface area contributed by atoms with Crippen molar-refractivity contribution in [1.29, 1.82) is 0 Å². The van der Waals surface area contributed by atoms with Crippen LogP contribution in [0.5, 0.6) is 0 Å². The van der Waals surface area contributed by atoms with E-state index >= 15 is 0 Å². The highest BCUT2D eigenvalue weighted by Gasteiger charge is 2.01. The second-order valence-corrected chi connectivity index (χ2v) is 3.11. The van der Waals surface area contributed by atoms with Crippen LogP contribution < -0.4 is 5.73 Å². The highest BCUT2D eigenvalue weighted by Crippen LogP contribution is 2.09. The van der Waals surface area contributed by atoms with Gasteiger partial charge in [-0.3, -0.25) is 0 Å². The van der Waals surface area contributed by atoms with Crippen molar-refractivity contribution in [1.82, 2.24) is 4.98 Å². The summed E-state index contributed by atoms with van der Waals surface area (Å²) in [5.41, 5.74) is 6.26. The molecule has 11 heavy (non-hydrogen) atoms. The molecule has 0 saturated heterocycles. The molecule has 0 unspecified atom stereocenters. The van der Waals surface area contributed by atoms with E-state index in [-0.39, 0.29) is 6.01 Å². The highest BCUT2D eigenvalue weighted by atomic mass is 16.4. The molecule has 0 saturated carbocycles. The third-order valence-corrected chi connectivity index (χ3v) is 1.55. The summed E-state index contributed by atoms with van der Waals surface area (Å²) >= 11 is 0. The summed E-state index contributed by atoms with van der Waals surface area (Å²) < 4.78 is 4.86. The Bertz CT molecular complexity index is 218. The fourth-order valence-corrected chi connectivity index (χ4v) is 0.874. The summed E-state index contributed by atoms with van der Waals surface area (Å²) in [4.78, 5) is 3.99. The van der Waals surface area contributed by atoms with Gasteiger partial charge in [0, 0.05) is 0 Å². The van der Waals surface area contributed by atoms with Crippen LogP contribution in [0.25, 0.3) is 0 Å². The zero-order chi connectivity index (χ0) is 8.27. The van der Waals surface area contributed by atoms with Gasteiger partial charge in [0.1, 0.15) is 6.26 Å². The van der Waals surface area contributed by atoms with Crippen LogP contribution >= 0.6 is 0 Å². The van der Waals surface area contributed by atoms with Gasteiger partial charge in [-0.15, -0.1) is 0 Å². The maximum absolute atomic E-state index is 5.31. The first kappa shape index (κ1) is 8.11. The van der Waals surface area contributed by atoms with Crippen molar-refractivity contribution in [3.63, 3.8) is 0 Å². The van der Waals surface area contributed by atoms with E-state index in [4.69, 9.17) is 10.2 Å². The molecule has 0 atom stereocenters. The third-order valence-electron chi connectivity index (χ3n) is 1.55. The van der Waals surface area contributed by atoms with E-state index in [9.17, 15) is 0 Å². The van der Waals surface area contributed by atoms with Crippen LogP contribution in [-0.4, -0.2) is 4.98 Å². The molecule has 0 radical (unpaired) electrons. The quantitative estimate of drug-likeness (QED) is 0.722. The minimum absolute atomic E-state index is 0.267. The molecule has 62 valence electrons. The maximum atomic E-state index is 5.31. The zero-order valence-electron chi connectivity index (χ0n) is 7.00. The molecule has 1 heterocycles. The van der Waals surface area contributed by atoms with Crippen molar-refractivity contribution in [3.8, 4) is 0 Å². The van der Waals surface area contributed by atoms with E-state index < -0.39 is 0 Å². The third kappa shape index (κ3) is 2.62. The van der Waals surface area contributed by atoms with Crippen LogP contribution in [0.1, 0.15) is 26.0 Å². The van der Waals surface area contributed by atoms with Gasteiger partial charge in [-0.05, 0) is 18.8 Å². The van der Waals surface area contributed by atoms with E-state index in [0.717, 1.165) is 18.5 Å². The van der Waals surface area contributed by atoms with Crippen molar-refractivity contribution in [3.05, 3.63) is 12.0 Å². The lowest BCUT2D eigenvalue weighted by molar-refractivity contribution is 0.565. The monoisotopic (exact) mass is 154 g/mol. The molecule has 0 aliphatic carbocycles. The number of aromatic nitrogens is 1. The van der Waals surface area contributed by atoms with Gasteiger partial charge in [-0.2, -0.15) is 4.98 Å². The smallest absolute Gasteiger partial charge is 0.292 e. The number of aryl methyl sites for hydroxylation is 1. The molecule has 1 aromatic heterocycles. The molecule has 0 bridgehead atoms. The second kappa shape index (κ2) is 3.42. The molecule has 0 spiro atoms. The number of hydrogen-bond donors (Lipinski definition) is 1. The number of oxazole rings is 1. The lowest BCUT2D eigenvalue weighted by Gasteiger charge is -1.99. The summed E-state index contributed by atoms with van der Waals surface area (Å²) in [7, 11) is 0. The van der Waals surface area contributed by atoms with Gasteiger partial charge >= 0.3 is 0 Å². The molecule has 0 aromatic carbocycles. The predicted molar refractivity (Wildman–Crippen MR) is 44.1 cm³/mol. The Labute approximate surface area is 66.6 Å². The van der Waals surface area contributed by atoms with Crippen molar-refractivity contribution >= 4 is 6.01 Å². The average Bonchev–Trinajstić information content (AvgIpc) is 2.31. The minimum atomic E-state index is 0.267. The fourth-order valence-electron chi connectivity index (χ4n) is 0.874. The lowest BCUT2D eigenvalue weighted by Crippen LogP contribution is -1.92. The summed E-state index contributed by atoms with van der Waals surface area (Å²) in [5, 5.41) is 0. The number of nitrogens with two attached hydrogens (primary N) is 1. The van der Waals surface area contributed by atoms with Gasteiger partial charge in [0.15, 0.2) is 0 Å². The maximum Gasteiger partial charge on any atom is 0.292 e. The molecule has 1 rings (SSSR count). The molecule has 1 aromatic rings. The van der Waals surface area contributed by atoms with Crippen molar-refractivity contribution in [2.75, 3.05) is 5.73 Å². The van der Waals surface area contributed by atoms with Crippen molar-refractivity contribution < 1.29 is 4.42 Å². The topological polar surface area (TPSA) is 52.0 Å². The standard InChI is InChI=1S/C8H14N2O/c1-6(2)3-4-7-5-11-8(9)10-7/h5-6H,3-4H2,1-2H3,(H2,9,10). The summed E-state index contributed by atoms with van der Waals surface area (Å²) in [5.74, 6) is 0.702. The van der Waals surface area contributed by atoms with Crippen LogP contribution in [0.15, 0.2) is 10.7 Å². The van der Waals surface area contributed by atoms with Gasteiger partial charge in [0.05, 0.1) is 5.69 Å². The largest absolute Gasteiger partial charge is 0.432 e. The van der Waals surface area contributed by atoms with Crippen molar-refractivity contribution in [2.45, 2.75) is 26.7 Å². The SMILES string of the molecule is CC(C)CCc1coc(N)n1. The Morgan fingerprint density at radius 1 is 1.64 bits per heavy atom. The van der Waals surface area contributed by atoms with Crippen LogP contribution in [0.2, 0.25) is 0 Å². The molecule has 3 nitrogen and oxygen atoms in total. The average molecular weight is 154 g/mol. The molecular weight excluding hydrogens is 140 g/mol. The van der Waals surface area contributed by atoms with Gasteiger partial charge in [-0.25, -0.2) is 0 Å². The zero-order valence-corrected chi connectivity index (χ0v) is 7.00. The normalized spacial score (nSPS) is 10.8. The summed E-state index contributed by atoms with van der Waals surface area (Å²) in [6, 6.07) is 0.267. The summed E-state index contributed by atoms with van der Waals surface area (Å²) in [6.07, 6.45) is 3.71. The Morgan fingerprint density at radius 2 is 2.36 bits per heavy atom. The van der Waals surface area contributed by atoms with Crippen LogP contribution in [0, 0.1) is 5.92 Å². The number of nitrogens with zero attached hydrogens (tertiary/aromatic N) is 1. The molecule has 0 aliphatic heterocycles. The molecule has 0 aliphatic rings. The van der Waals surface area contributed by atoms with E-state index in [1.807, 2.05) is 0 Å². The van der Waals surface area contributed by atoms with Crippen LogP contribution in [0.3, 0.4) is 0 Å². The van der Waals surface area contributed by atoms with E-state index in [1.165, 1.54) is 0 Å². The molecule has 2 N–H and O–H groups in total. The van der Waals surface area contributed by atoms with Gasteiger partial charge in [-0.1, -0.05) is 13.8 Å². The van der Waals surface area contributed by atoms with Gasteiger partial charge in [0.2, 0.25) is 0 Å². The fraction of sp³-hybridized carbons (Fsp3) is 0.625. The molecule has 0 amide bonds. The second-order valence-electron chi connectivity index (χ2n) is 3.11. The van der Waals surface area contributed by atoms with Crippen LogP contribution in [0.4, 0.5) is 6.01 Å². The Hall–Kier alpha value is -0.990. The van der Waals surface area contributed by atoms with Gasteiger partial charge in [0.25, 0.3) is 6.01 Å². The Balaban J connectivity index is 2.39. The van der Waals surface area contributed by atoms with E-state index in [0.29, 0.717) is 5.92 Å². The number of nitrogen functional groups attached to an aromatic ring is 1. The predicted octanol–water partition coefficient (Wildman–Crippen LogP) is 1.85. The molecule has 0 fully saturated rings.